The molecule has 0 amide bonds. The van der Waals surface area contributed by atoms with Crippen LogP contribution in [0.2, 0.25) is 0 Å². The van der Waals surface area contributed by atoms with Crippen LogP contribution < -0.4 is 10.6 Å². The maximum Gasteiger partial charge on any atom is 0.191 e. The number of rotatable bonds is 4. The van der Waals surface area contributed by atoms with Crippen LogP contribution in [0.4, 0.5) is 0 Å². The predicted octanol–water partition coefficient (Wildman–Crippen LogP) is 3.09. The molecular formula is C16H29N3. The molecule has 0 aliphatic heterocycles. The Hall–Kier alpha value is -0.990. The summed E-state index contributed by atoms with van der Waals surface area (Å²) in [5, 5.41) is 7.01. The van der Waals surface area contributed by atoms with Gasteiger partial charge in [-0.05, 0) is 37.5 Å². The quantitative estimate of drug-likeness (QED) is 0.464. The fraction of sp³-hybridized carbons (Fsp3) is 0.812. The van der Waals surface area contributed by atoms with Crippen LogP contribution in [0, 0.1) is 11.8 Å². The second-order valence-electron chi connectivity index (χ2n) is 6.03. The van der Waals surface area contributed by atoms with E-state index in [1.165, 1.54) is 32.1 Å². The average molecular weight is 263 g/mol. The monoisotopic (exact) mass is 263 g/mol. The Morgan fingerprint density at radius 2 is 1.74 bits per heavy atom. The van der Waals surface area contributed by atoms with Crippen LogP contribution in [-0.2, 0) is 0 Å². The molecule has 1 fully saturated rings. The summed E-state index contributed by atoms with van der Waals surface area (Å²) in [5.41, 5.74) is 0. The largest absolute Gasteiger partial charge is 0.356 e. The van der Waals surface area contributed by atoms with Gasteiger partial charge in [-0.25, -0.2) is 0 Å². The van der Waals surface area contributed by atoms with Crippen molar-refractivity contribution in [1.29, 1.82) is 0 Å². The van der Waals surface area contributed by atoms with Crippen LogP contribution in [0.15, 0.2) is 17.1 Å². The van der Waals surface area contributed by atoms with E-state index in [1.54, 1.807) is 0 Å². The highest BCUT2D eigenvalue weighted by atomic mass is 15.2. The van der Waals surface area contributed by atoms with Gasteiger partial charge in [-0.1, -0.05) is 38.3 Å². The lowest BCUT2D eigenvalue weighted by molar-refractivity contribution is 0.269. The fourth-order valence-corrected chi connectivity index (χ4v) is 3.21. The Morgan fingerprint density at radius 3 is 2.32 bits per heavy atom. The van der Waals surface area contributed by atoms with Gasteiger partial charge in [0.1, 0.15) is 0 Å². The van der Waals surface area contributed by atoms with Gasteiger partial charge in [-0.2, -0.15) is 0 Å². The molecule has 0 aromatic rings. The third kappa shape index (κ3) is 4.55. The predicted molar refractivity (Wildman–Crippen MR) is 82.4 cm³/mol. The maximum atomic E-state index is 4.33. The molecular weight excluding hydrogens is 234 g/mol. The zero-order chi connectivity index (χ0) is 13.5. The lowest BCUT2D eigenvalue weighted by atomic mass is 9.81. The Balaban J connectivity index is 1.66. The molecule has 0 aromatic heterocycles. The van der Waals surface area contributed by atoms with Crippen LogP contribution in [0.25, 0.3) is 0 Å². The van der Waals surface area contributed by atoms with Crippen molar-refractivity contribution < 1.29 is 0 Å². The van der Waals surface area contributed by atoms with Crippen LogP contribution in [0.3, 0.4) is 0 Å². The second kappa shape index (κ2) is 7.56. The topological polar surface area (TPSA) is 36.4 Å². The Kier molecular flexibility index (Phi) is 5.74. The molecule has 2 rings (SSSR count). The summed E-state index contributed by atoms with van der Waals surface area (Å²) < 4.78 is 0. The van der Waals surface area contributed by atoms with Crippen molar-refractivity contribution in [3.05, 3.63) is 12.2 Å². The van der Waals surface area contributed by atoms with Crippen molar-refractivity contribution in [2.75, 3.05) is 13.6 Å². The van der Waals surface area contributed by atoms with Crippen molar-refractivity contribution in [3.63, 3.8) is 0 Å². The van der Waals surface area contributed by atoms with E-state index in [1.807, 2.05) is 7.05 Å². The van der Waals surface area contributed by atoms with Gasteiger partial charge in [0.2, 0.25) is 0 Å². The van der Waals surface area contributed by atoms with Crippen LogP contribution >= 0.6 is 0 Å². The van der Waals surface area contributed by atoms with Crippen LogP contribution in [0.5, 0.6) is 0 Å². The normalized spacial score (nSPS) is 28.6. The molecule has 0 spiro atoms. The minimum Gasteiger partial charge on any atom is -0.356 e. The number of guanidine groups is 1. The molecule has 0 radical (unpaired) electrons. The molecule has 108 valence electrons. The smallest absolute Gasteiger partial charge is 0.191 e. The van der Waals surface area contributed by atoms with E-state index in [0.29, 0.717) is 6.04 Å². The molecule has 0 aromatic carbocycles. The summed E-state index contributed by atoms with van der Waals surface area (Å²) in [6, 6.07) is 0.544. The summed E-state index contributed by atoms with van der Waals surface area (Å²) in [6.07, 6.45) is 13.7. The van der Waals surface area contributed by atoms with Gasteiger partial charge in [-0.3, -0.25) is 4.99 Å². The van der Waals surface area contributed by atoms with Gasteiger partial charge in [0.05, 0.1) is 0 Å². The van der Waals surface area contributed by atoms with Crippen molar-refractivity contribution in [2.24, 2.45) is 16.8 Å². The lowest BCUT2D eigenvalue weighted by Gasteiger charge is -2.28. The first kappa shape index (κ1) is 14.4. The fourth-order valence-electron chi connectivity index (χ4n) is 3.21. The molecule has 0 saturated heterocycles. The number of aliphatic imine (C=N–C) groups is 1. The SMILES string of the molecule is CCC1CCC(CNC(=NC)NC2CC=CC2)CC1. The highest BCUT2D eigenvalue weighted by Crippen LogP contribution is 2.30. The third-order valence-electron chi connectivity index (χ3n) is 4.67. The van der Waals surface area contributed by atoms with Crippen molar-refractivity contribution in [1.82, 2.24) is 10.6 Å². The van der Waals surface area contributed by atoms with Gasteiger partial charge in [0.25, 0.3) is 0 Å². The molecule has 0 bridgehead atoms. The molecule has 1 saturated carbocycles. The van der Waals surface area contributed by atoms with Gasteiger partial charge < -0.3 is 10.6 Å². The van der Waals surface area contributed by atoms with E-state index < -0.39 is 0 Å². The Morgan fingerprint density at radius 1 is 1.11 bits per heavy atom. The van der Waals surface area contributed by atoms with Gasteiger partial charge >= 0.3 is 0 Å². The zero-order valence-electron chi connectivity index (χ0n) is 12.5. The third-order valence-corrected chi connectivity index (χ3v) is 4.67. The molecule has 3 heteroatoms. The van der Waals surface area contributed by atoms with Crippen molar-refractivity contribution in [2.45, 2.75) is 57.9 Å². The minimum absolute atomic E-state index is 0.544. The van der Waals surface area contributed by atoms with E-state index in [2.05, 4.69) is 34.7 Å². The Labute approximate surface area is 118 Å². The highest BCUT2D eigenvalue weighted by Gasteiger charge is 2.20. The average Bonchev–Trinajstić information content (AvgIpc) is 2.97. The van der Waals surface area contributed by atoms with Gasteiger partial charge in [-0.15, -0.1) is 0 Å². The summed E-state index contributed by atoms with van der Waals surface area (Å²) in [4.78, 5) is 4.33. The molecule has 3 nitrogen and oxygen atoms in total. The summed E-state index contributed by atoms with van der Waals surface area (Å²) >= 11 is 0. The molecule has 2 N–H and O–H groups in total. The van der Waals surface area contributed by atoms with E-state index >= 15 is 0 Å². The molecule has 19 heavy (non-hydrogen) atoms. The standard InChI is InChI=1S/C16H29N3/c1-3-13-8-10-14(11-9-13)12-18-16(17-2)19-15-6-4-5-7-15/h4-5,13-15H,3,6-12H2,1-2H3,(H2,17,18,19). The van der Waals surface area contributed by atoms with E-state index in [-0.39, 0.29) is 0 Å². The number of hydrogen-bond acceptors (Lipinski definition) is 1. The van der Waals surface area contributed by atoms with Gasteiger partial charge in [0.15, 0.2) is 5.96 Å². The summed E-state index contributed by atoms with van der Waals surface area (Å²) in [5.74, 6) is 2.80. The summed E-state index contributed by atoms with van der Waals surface area (Å²) in [7, 11) is 1.87. The highest BCUT2D eigenvalue weighted by molar-refractivity contribution is 5.80. The number of nitrogens with one attached hydrogen (secondary N) is 2. The molecule has 0 atom stereocenters. The second-order valence-corrected chi connectivity index (χ2v) is 6.03. The first-order valence-corrected chi connectivity index (χ1v) is 7.94. The first-order chi connectivity index (χ1) is 9.31. The van der Waals surface area contributed by atoms with E-state index in [4.69, 9.17) is 0 Å². The van der Waals surface area contributed by atoms with Crippen molar-refractivity contribution in [3.8, 4) is 0 Å². The number of hydrogen-bond donors (Lipinski definition) is 2. The zero-order valence-corrected chi connectivity index (χ0v) is 12.5. The van der Waals surface area contributed by atoms with Crippen LogP contribution in [0.1, 0.15) is 51.9 Å². The lowest BCUT2D eigenvalue weighted by Crippen LogP contribution is -2.44. The molecule has 0 heterocycles. The van der Waals surface area contributed by atoms with E-state index in [9.17, 15) is 0 Å². The molecule has 0 unspecified atom stereocenters. The molecule has 2 aliphatic carbocycles. The molecule has 2 aliphatic rings. The summed E-state index contributed by atoms with van der Waals surface area (Å²) in [6.45, 7) is 3.40. The maximum absolute atomic E-state index is 4.33. The first-order valence-electron chi connectivity index (χ1n) is 7.94. The van der Waals surface area contributed by atoms with Gasteiger partial charge in [0, 0.05) is 19.6 Å². The van der Waals surface area contributed by atoms with Crippen LogP contribution in [-0.4, -0.2) is 25.6 Å². The Bertz CT molecular complexity index is 306. The van der Waals surface area contributed by atoms with Crippen molar-refractivity contribution >= 4 is 5.96 Å². The minimum atomic E-state index is 0.544. The van der Waals surface area contributed by atoms with E-state index in [0.717, 1.165) is 37.2 Å². The number of nitrogens with zero attached hydrogens (tertiary/aromatic N) is 1.